The van der Waals surface area contributed by atoms with Crippen molar-refractivity contribution in [3.8, 4) is 0 Å². The van der Waals surface area contributed by atoms with Gasteiger partial charge in [-0.3, -0.25) is 29.0 Å². The van der Waals surface area contributed by atoms with Gasteiger partial charge < -0.3 is 20.8 Å². The maximum atomic E-state index is 12.6. The van der Waals surface area contributed by atoms with Crippen molar-refractivity contribution in [2.24, 2.45) is 0 Å². The lowest BCUT2D eigenvalue weighted by Gasteiger charge is -2.25. The SMILES string of the molecule is CCCCCCCC/C=C\CCCCCCCCNC(=O)CN(CCN(CC(=O)O)CC(=O)NCCCCCCCC/C=C\CCCCCCCC)CC(=O)O. The molecule has 10 heteroatoms. The molecule has 0 saturated carbocycles. The van der Waals surface area contributed by atoms with Crippen LogP contribution in [0.1, 0.15) is 194 Å². The molecule has 326 valence electrons. The average molecular weight is 791 g/mol. The summed E-state index contributed by atoms with van der Waals surface area (Å²) in [5, 5.41) is 24.6. The van der Waals surface area contributed by atoms with Crippen molar-refractivity contribution in [2.75, 3.05) is 52.4 Å². The summed E-state index contributed by atoms with van der Waals surface area (Å²) in [7, 11) is 0. The molecule has 10 nitrogen and oxygen atoms in total. The van der Waals surface area contributed by atoms with E-state index < -0.39 is 11.9 Å². The summed E-state index contributed by atoms with van der Waals surface area (Å²) >= 11 is 0. The number of hydrogen-bond donors (Lipinski definition) is 4. The van der Waals surface area contributed by atoms with Crippen LogP contribution in [0.15, 0.2) is 24.3 Å². The van der Waals surface area contributed by atoms with Gasteiger partial charge in [0, 0.05) is 26.2 Å². The van der Waals surface area contributed by atoms with Gasteiger partial charge in [-0.25, -0.2) is 0 Å². The molecule has 56 heavy (non-hydrogen) atoms. The fourth-order valence-electron chi connectivity index (χ4n) is 6.81. The van der Waals surface area contributed by atoms with Gasteiger partial charge in [0.2, 0.25) is 11.8 Å². The largest absolute Gasteiger partial charge is 0.480 e. The Morgan fingerprint density at radius 2 is 0.661 bits per heavy atom. The molecular weight excluding hydrogens is 705 g/mol. The number of amides is 2. The molecule has 0 aliphatic heterocycles. The van der Waals surface area contributed by atoms with Crippen LogP contribution in [0.2, 0.25) is 0 Å². The molecule has 0 spiro atoms. The van der Waals surface area contributed by atoms with Crippen LogP contribution in [-0.4, -0.2) is 96.1 Å². The molecule has 0 heterocycles. The third kappa shape index (κ3) is 40.9. The number of carbonyl (C=O) groups is 4. The molecule has 0 bridgehead atoms. The first-order valence-corrected chi connectivity index (χ1v) is 23.0. The van der Waals surface area contributed by atoms with Crippen LogP contribution in [0.3, 0.4) is 0 Å². The number of hydrogen-bond acceptors (Lipinski definition) is 6. The summed E-state index contributed by atoms with van der Waals surface area (Å²) in [5.74, 6) is -2.64. The summed E-state index contributed by atoms with van der Waals surface area (Å²) in [6, 6.07) is 0. The first-order chi connectivity index (χ1) is 27.3. The van der Waals surface area contributed by atoms with E-state index in [9.17, 15) is 29.4 Å². The summed E-state index contributed by atoms with van der Waals surface area (Å²) in [6.45, 7) is 5.03. The average Bonchev–Trinajstić information content (AvgIpc) is 3.15. The van der Waals surface area contributed by atoms with Crippen LogP contribution < -0.4 is 10.6 Å². The van der Waals surface area contributed by atoms with Crippen molar-refractivity contribution in [3.05, 3.63) is 24.3 Å². The van der Waals surface area contributed by atoms with Crippen LogP contribution in [0.5, 0.6) is 0 Å². The summed E-state index contributed by atoms with van der Waals surface area (Å²) < 4.78 is 0. The summed E-state index contributed by atoms with van der Waals surface area (Å²) in [5.41, 5.74) is 0. The van der Waals surface area contributed by atoms with Crippen molar-refractivity contribution in [2.45, 2.75) is 194 Å². The summed E-state index contributed by atoms with van der Waals surface area (Å²) in [4.78, 5) is 51.2. The zero-order valence-corrected chi connectivity index (χ0v) is 36.2. The van der Waals surface area contributed by atoms with Crippen LogP contribution in [0, 0.1) is 0 Å². The first kappa shape index (κ1) is 53.3. The molecule has 0 unspecified atom stereocenters. The number of carbonyl (C=O) groups excluding carboxylic acids is 2. The van der Waals surface area contributed by atoms with Crippen LogP contribution in [0.4, 0.5) is 0 Å². The van der Waals surface area contributed by atoms with E-state index in [0.29, 0.717) is 13.1 Å². The highest BCUT2D eigenvalue weighted by atomic mass is 16.4. The highest BCUT2D eigenvalue weighted by molar-refractivity contribution is 5.79. The quantitative estimate of drug-likeness (QED) is 0.0354. The lowest BCUT2D eigenvalue weighted by Crippen LogP contribution is -2.46. The number of unbranched alkanes of at least 4 members (excludes halogenated alkanes) is 24. The van der Waals surface area contributed by atoms with Gasteiger partial charge in [0.1, 0.15) is 0 Å². The van der Waals surface area contributed by atoms with E-state index >= 15 is 0 Å². The Kier molecular flexibility index (Phi) is 39.9. The molecule has 0 aromatic carbocycles. The van der Waals surface area contributed by atoms with Crippen LogP contribution in [0.25, 0.3) is 0 Å². The van der Waals surface area contributed by atoms with E-state index in [2.05, 4.69) is 48.8 Å². The minimum Gasteiger partial charge on any atom is -0.480 e. The Balaban J connectivity index is 4.11. The third-order valence-electron chi connectivity index (χ3n) is 10.2. The Morgan fingerprint density at radius 1 is 0.393 bits per heavy atom. The predicted octanol–water partition coefficient (Wildman–Crippen LogP) is 10.1. The second-order valence-corrected chi connectivity index (χ2v) is 15.8. The standard InChI is InChI=1S/C46H86N4O6/c1-3-5-7-9-11-13-15-17-19-21-23-25-27-29-31-33-35-47-43(51)39-49(41-45(53)54)37-38-50(42-46(55)56)40-44(52)48-36-34-32-30-28-26-24-22-20-18-16-14-12-10-8-6-4-2/h17-20H,3-16,21-42H2,1-2H3,(H,47,51)(H,48,52)(H,53,54)(H,55,56)/b19-17-,20-18-. The Hall–Kier alpha value is -2.72. The molecule has 0 radical (unpaired) electrons. The molecule has 0 atom stereocenters. The second-order valence-electron chi connectivity index (χ2n) is 15.8. The Morgan fingerprint density at radius 3 is 0.946 bits per heavy atom. The number of carboxylic acid groups (broad SMARTS) is 2. The zero-order valence-electron chi connectivity index (χ0n) is 36.2. The van der Waals surface area contributed by atoms with Gasteiger partial charge in [0.25, 0.3) is 0 Å². The lowest BCUT2D eigenvalue weighted by molar-refractivity contribution is -0.141. The van der Waals surface area contributed by atoms with Crippen molar-refractivity contribution in [1.82, 2.24) is 20.4 Å². The van der Waals surface area contributed by atoms with E-state index in [1.807, 2.05) is 0 Å². The Bertz CT molecular complexity index is 926. The monoisotopic (exact) mass is 791 g/mol. The number of allylic oxidation sites excluding steroid dienone is 4. The molecule has 4 N–H and O–H groups in total. The van der Waals surface area contributed by atoms with Gasteiger partial charge in [-0.15, -0.1) is 0 Å². The molecule has 2 amide bonds. The van der Waals surface area contributed by atoms with E-state index in [1.54, 1.807) is 0 Å². The van der Waals surface area contributed by atoms with Gasteiger partial charge in [-0.05, 0) is 64.2 Å². The molecule has 0 rings (SSSR count). The highest BCUT2D eigenvalue weighted by Crippen LogP contribution is 2.11. The second kappa shape index (κ2) is 41.9. The predicted molar refractivity (Wildman–Crippen MR) is 233 cm³/mol. The normalized spacial score (nSPS) is 11.7. The number of carboxylic acids is 2. The molecular formula is C46H86N4O6. The number of aliphatic carboxylic acids is 2. The van der Waals surface area contributed by atoms with Crippen LogP contribution >= 0.6 is 0 Å². The van der Waals surface area contributed by atoms with E-state index in [0.717, 1.165) is 51.4 Å². The van der Waals surface area contributed by atoms with Gasteiger partial charge in [-0.1, -0.05) is 154 Å². The van der Waals surface area contributed by atoms with Gasteiger partial charge in [0.15, 0.2) is 0 Å². The van der Waals surface area contributed by atoms with E-state index in [4.69, 9.17) is 0 Å². The maximum absolute atomic E-state index is 12.6. The number of rotatable bonds is 43. The smallest absolute Gasteiger partial charge is 0.317 e. The molecule has 0 aromatic heterocycles. The first-order valence-electron chi connectivity index (χ1n) is 23.0. The van der Waals surface area contributed by atoms with Crippen molar-refractivity contribution in [1.29, 1.82) is 0 Å². The molecule has 0 aliphatic carbocycles. The highest BCUT2D eigenvalue weighted by Gasteiger charge is 2.18. The van der Waals surface area contributed by atoms with Crippen molar-refractivity contribution < 1.29 is 29.4 Å². The lowest BCUT2D eigenvalue weighted by atomic mass is 10.1. The maximum Gasteiger partial charge on any atom is 0.317 e. The molecule has 0 aromatic rings. The minimum absolute atomic E-state index is 0.0955. The molecule has 0 fully saturated rings. The fraction of sp³-hybridized carbons (Fsp3) is 0.826. The van der Waals surface area contributed by atoms with E-state index in [1.165, 1.54) is 138 Å². The molecule has 0 saturated heterocycles. The summed E-state index contributed by atoms with van der Waals surface area (Å²) in [6.07, 6.45) is 43.5. The van der Waals surface area contributed by atoms with Crippen molar-refractivity contribution in [3.63, 3.8) is 0 Å². The fourth-order valence-corrected chi connectivity index (χ4v) is 6.81. The topological polar surface area (TPSA) is 139 Å². The third-order valence-corrected chi connectivity index (χ3v) is 10.2. The van der Waals surface area contributed by atoms with Crippen LogP contribution in [-0.2, 0) is 19.2 Å². The number of nitrogens with one attached hydrogen (secondary N) is 2. The Labute approximate surface area is 343 Å². The van der Waals surface area contributed by atoms with Gasteiger partial charge in [0.05, 0.1) is 26.2 Å². The van der Waals surface area contributed by atoms with Gasteiger partial charge in [-0.2, -0.15) is 0 Å². The molecule has 0 aliphatic rings. The minimum atomic E-state index is -1.07. The van der Waals surface area contributed by atoms with E-state index in [-0.39, 0.29) is 51.1 Å². The van der Waals surface area contributed by atoms with Gasteiger partial charge >= 0.3 is 11.9 Å². The zero-order chi connectivity index (χ0) is 41.2. The number of nitrogens with zero attached hydrogens (tertiary/aromatic N) is 2. The van der Waals surface area contributed by atoms with Crippen molar-refractivity contribution >= 4 is 23.8 Å².